The Kier molecular flexibility index (Phi) is 8.16. The van der Waals surface area contributed by atoms with E-state index in [2.05, 4.69) is 29.7 Å². The van der Waals surface area contributed by atoms with Crippen LogP contribution in [0, 0.1) is 20.8 Å². The van der Waals surface area contributed by atoms with E-state index >= 15 is 0 Å². The molecule has 2 amide bonds. The van der Waals surface area contributed by atoms with E-state index in [1.54, 1.807) is 13.3 Å². The molecule has 2 rings (SSSR count). The third-order valence-electron chi connectivity index (χ3n) is 5.09. The van der Waals surface area contributed by atoms with Gasteiger partial charge in [0.25, 0.3) is 0 Å². The van der Waals surface area contributed by atoms with E-state index in [4.69, 9.17) is 4.74 Å². The SMILES string of the molecule is COc1cc(C)c(C=NNC(=O)CCC(=O)Nc2cccc(C)c2C)cc1C(C)C. The first-order valence-corrected chi connectivity index (χ1v) is 10.1. The average Bonchev–Trinajstić information content (AvgIpc) is 2.70. The fourth-order valence-electron chi connectivity index (χ4n) is 3.04. The van der Waals surface area contributed by atoms with Gasteiger partial charge in [-0.3, -0.25) is 9.59 Å². The van der Waals surface area contributed by atoms with E-state index in [0.717, 1.165) is 39.3 Å². The standard InChI is InChI=1S/C24H31N3O3/c1-15(2)20-13-19(17(4)12-22(20)30-6)14-25-27-24(29)11-10-23(28)26-21-9-7-8-16(3)18(21)5/h7-9,12-15H,10-11H2,1-6H3,(H,26,28)(H,27,29). The Morgan fingerprint density at radius 1 is 1.07 bits per heavy atom. The van der Waals surface area contributed by atoms with Crippen LogP contribution in [-0.4, -0.2) is 25.1 Å². The van der Waals surface area contributed by atoms with Gasteiger partial charge in [-0.15, -0.1) is 0 Å². The van der Waals surface area contributed by atoms with Gasteiger partial charge in [0.2, 0.25) is 11.8 Å². The van der Waals surface area contributed by atoms with Crippen molar-refractivity contribution in [3.63, 3.8) is 0 Å². The van der Waals surface area contributed by atoms with E-state index in [1.807, 2.05) is 51.1 Å². The molecule has 0 aliphatic carbocycles. The first kappa shape index (κ1) is 23.1. The van der Waals surface area contributed by atoms with Crippen LogP contribution in [0.1, 0.15) is 60.4 Å². The van der Waals surface area contributed by atoms with Gasteiger partial charge in [-0.1, -0.05) is 26.0 Å². The Morgan fingerprint density at radius 2 is 1.77 bits per heavy atom. The van der Waals surface area contributed by atoms with Crippen LogP contribution < -0.4 is 15.5 Å². The van der Waals surface area contributed by atoms with Gasteiger partial charge in [0.05, 0.1) is 13.3 Å². The molecule has 0 heterocycles. The normalized spacial score (nSPS) is 11.0. The number of nitrogens with zero attached hydrogens (tertiary/aromatic N) is 1. The van der Waals surface area contributed by atoms with Crippen molar-refractivity contribution in [2.45, 2.75) is 53.4 Å². The summed E-state index contributed by atoms with van der Waals surface area (Å²) in [7, 11) is 1.66. The maximum absolute atomic E-state index is 12.1. The molecule has 0 aliphatic heterocycles. The molecule has 0 atom stereocenters. The molecule has 2 aromatic rings. The fraction of sp³-hybridized carbons (Fsp3) is 0.375. The lowest BCUT2D eigenvalue weighted by Crippen LogP contribution is -2.21. The Labute approximate surface area is 178 Å². The van der Waals surface area contributed by atoms with Gasteiger partial charge >= 0.3 is 0 Å². The summed E-state index contributed by atoms with van der Waals surface area (Å²) in [6.07, 6.45) is 1.77. The maximum Gasteiger partial charge on any atom is 0.240 e. The molecule has 2 N–H and O–H groups in total. The molecule has 0 saturated carbocycles. The van der Waals surface area contributed by atoms with Crippen LogP contribution in [-0.2, 0) is 9.59 Å². The van der Waals surface area contributed by atoms with Gasteiger partial charge in [0.1, 0.15) is 5.75 Å². The number of aryl methyl sites for hydroxylation is 2. The summed E-state index contributed by atoms with van der Waals surface area (Å²) in [6.45, 7) is 10.1. The molecular weight excluding hydrogens is 378 g/mol. The third kappa shape index (κ3) is 6.17. The van der Waals surface area contributed by atoms with Crippen molar-refractivity contribution < 1.29 is 14.3 Å². The predicted octanol–water partition coefficient (Wildman–Crippen LogP) is 4.61. The number of methoxy groups -OCH3 is 1. The third-order valence-corrected chi connectivity index (χ3v) is 5.09. The van der Waals surface area contributed by atoms with Crippen LogP contribution >= 0.6 is 0 Å². The van der Waals surface area contributed by atoms with Gasteiger partial charge < -0.3 is 10.1 Å². The van der Waals surface area contributed by atoms with E-state index in [1.165, 1.54) is 0 Å². The smallest absolute Gasteiger partial charge is 0.240 e. The van der Waals surface area contributed by atoms with Crippen LogP contribution in [0.5, 0.6) is 5.75 Å². The monoisotopic (exact) mass is 409 g/mol. The predicted molar refractivity (Wildman–Crippen MR) is 121 cm³/mol. The first-order chi connectivity index (χ1) is 14.2. The number of anilines is 1. The van der Waals surface area contributed by atoms with Crippen molar-refractivity contribution >= 4 is 23.7 Å². The van der Waals surface area contributed by atoms with Gasteiger partial charge in [0.15, 0.2) is 0 Å². The van der Waals surface area contributed by atoms with E-state index in [9.17, 15) is 9.59 Å². The van der Waals surface area contributed by atoms with Crippen LogP contribution in [0.2, 0.25) is 0 Å². The van der Waals surface area contributed by atoms with Crippen LogP contribution in [0.3, 0.4) is 0 Å². The number of hydrogen-bond acceptors (Lipinski definition) is 4. The summed E-state index contributed by atoms with van der Waals surface area (Å²) in [5.41, 5.74) is 8.39. The molecule has 0 saturated heterocycles. The number of ether oxygens (including phenoxy) is 1. The Balaban J connectivity index is 1.90. The number of amides is 2. The van der Waals surface area contributed by atoms with Crippen LogP contribution in [0.15, 0.2) is 35.4 Å². The molecule has 0 aliphatic rings. The second kappa shape index (κ2) is 10.6. The van der Waals surface area contributed by atoms with Crippen LogP contribution in [0.25, 0.3) is 0 Å². The average molecular weight is 410 g/mol. The number of nitrogens with one attached hydrogen (secondary N) is 2. The molecule has 2 aromatic carbocycles. The summed E-state index contributed by atoms with van der Waals surface area (Å²) in [5, 5.41) is 6.90. The molecule has 0 bridgehead atoms. The second-order valence-corrected chi connectivity index (χ2v) is 7.69. The minimum absolute atomic E-state index is 0.0624. The molecule has 6 heteroatoms. The summed E-state index contributed by atoms with van der Waals surface area (Å²) >= 11 is 0. The second-order valence-electron chi connectivity index (χ2n) is 7.69. The largest absolute Gasteiger partial charge is 0.496 e. The molecule has 0 fully saturated rings. The molecular formula is C24H31N3O3. The van der Waals surface area contributed by atoms with Crippen molar-refractivity contribution in [1.82, 2.24) is 5.43 Å². The summed E-state index contributed by atoms with van der Waals surface area (Å²) in [5.74, 6) is 0.643. The lowest BCUT2D eigenvalue weighted by molar-refractivity contribution is -0.124. The van der Waals surface area contributed by atoms with E-state index in [0.29, 0.717) is 5.92 Å². The summed E-state index contributed by atoms with van der Waals surface area (Å²) in [4.78, 5) is 24.2. The lowest BCUT2D eigenvalue weighted by atomic mass is 9.97. The molecule has 0 unspecified atom stereocenters. The maximum atomic E-state index is 12.1. The number of hydrazone groups is 1. The van der Waals surface area contributed by atoms with Gasteiger partial charge in [-0.25, -0.2) is 5.43 Å². The minimum Gasteiger partial charge on any atom is -0.496 e. The number of benzene rings is 2. The molecule has 0 aromatic heterocycles. The van der Waals surface area contributed by atoms with E-state index < -0.39 is 0 Å². The quantitative estimate of drug-likeness (QED) is 0.493. The van der Waals surface area contributed by atoms with Crippen LogP contribution in [0.4, 0.5) is 5.69 Å². The zero-order chi connectivity index (χ0) is 22.3. The molecule has 160 valence electrons. The summed E-state index contributed by atoms with van der Waals surface area (Å²) in [6, 6.07) is 9.73. The highest BCUT2D eigenvalue weighted by atomic mass is 16.5. The number of hydrogen-bond donors (Lipinski definition) is 2. The highest BCUT2D eigenvalue weighted by Gasteiger charge is 2.11. The van der Waals surface area contributed by atoms with Gasteiger partial charge in [-0.05, 0) is 72.7 Å². The minimum atomic E-state index is -0.308. The summed E-state index contributed by atoms with van der Waals surface area (Å²) < 4.78 is 5.44. The van der Waals surface area contributed by atoms with Gasteiger partial charge in [-0.2, -0.15) is 5.10 Å². The van der Waals surface area contributed by atoms with Crippen molar-refractivity contribution in [2.75, 3.05) is 12.4 Å². The number of carbonyl (C=O) groups excluding carboxylic acids is 2. The van der Waals surface area contributed by atoms with E-state index in [-0.39, 0.29) is 24.7 Å². The first-order valence-electron chi connectivity index (χ1n) is 10.1. The topological polar surface area (TPSA) is 79.8 Å². The molecule has 0 radical (unpaired) electrons. The lowest BCUT2D eigenvalue weighted by Gasteiger charge is -2.14. The van der Waals surface area contributed by atoms with Crippen molar-refractivity contribution in [3.05, 3.63) is 58.1 Å². The zero-order valence-corrected chi connectivity index (χ0v) is 18.6. The Bertz CT molecular complexity index is 949. The fourth-order valence-corrected chi connectivity index (χ4v) is 3.04. The van der Waals surface area contributed by atoms with Crippen molar-refractivity contribution in [2.24, 2.45) is 5.10 Å². The molecule has 0 spiro atoms. The van der Waals surface area contributed by atoms with Crippen molar-refractivity contribution in [1.29, 1.82) is 0 Å². The molecule has 6 nitrogen and oxygen atoms in total. The number of carbonyl (C=O) groups is 2. The molecule has 30 heavy (non-hydrogen) atoms. The Hall–Kier alpha value is -3.15. The van der Waals surface area contributed by atoms with Gasteiger partial charge in [0, 0.05) is 18.5 Å². The zero-order valence-electron chi connectivity index (χ0n) is 18.6. The van der Waals surface area contributed by atoms with Crippen molar-refractivity contribution in [3.8, 4) is 5.75 Å². The highest BCUT2D eigenvalue weighted by molar-refractivity contribution is 5.94. The highest BCUT2D eigenvalue weighted by Crippen LogP contribution is 2.29. The Morgan fingerprint density at radius 3 is 2.43 bits per heavy atom. The number of rotatable bonds is 8.